The molecule has 3 fully saturated rings. The number of fused-ring (bicyclic) bond motifs is 2. The molecule has 5 atom stereocenters. The van der Waals surface area contributed by atoms with Gasteiger partial charge in [-0.3, -0.25) is 9.69 Å². The molecule has 3 aliphatic heterocycles. The summed E-state index contributed by atoms with van der Waals surface area (Å²) in [5.74, 6) is 0.307. The van der Waals surface area contributed by atoms with E-state index in [0.717, 1.165) is 24.9 Å². The summed E-state index contributed by atoms with van der Waals surface area (Å²) in [5, 5.41) is 3.94. The normalized spacial score (nSPS) is 26.2. The smallest absolute Gasteiger partial charge is 0.418 e. The fourth-order valence-corrected chi connectivity index (χ4v) is 8.77. The van der Waals surface area contributed by atoms with Crippen LogP contribution in [-0.4, -0.2) is 104 Å². The highest BCUT2D eigenvalue weighted by Gasteiger charge is 2.50. The lowest BCUT2D eigenvalue weighted by molar-refractivity contribution is -0.139. The molecule has 0 saturated carbocycles. The molecule has 6 heterocycles. The summed E-state index contributed by atoms with van der Waals surface area (Å²) in [5.41, 5.74) is 12.3. The summed E-state index contributed by atoms with van der Waals surface area (Å²) in [6.07, 6.45) is -0.0620. The second kappa shape index (κ2) is 14.7. The molecule has 3 aromatic rings. The number of aromatic nitrogens is 5. The van der Waals surface area contributed by atoms with Crippen LogP contribution < -0.4 is 21.1 Å². The van der Waals surface area contributed by atoms with Gasteiger partial charge in [0.25, 0.3) is 5.89 Å². The number of nitrogens with zero attached hydrogens (tertiary/aromatic N) is 8. The molecule has 4 aliphatic rings. The average molecular weight is 757 g/mol. The Labute approximate surface area is 311 Å². The number of anilines is 2. The number of piperazine rings is 1. The topological polar surface area (TPSA) is 166 Å². The van der Waals surface area contributed by atoms with Crippen LogP contribution >= 0.6 is 0 Å². The number of carbonyl (C=O) groups excluding carboxylic acids is 1. The fourth-order valence-electron chi connectivity index (χ4n) is 8.77. The standard InChI is InChI=1S/C37H48F4N10O3/c1-20(2)33-46-29(54-48-33)6-7-30(52)51-11-10-49(18-24(51)16-42)34-26-12-21(3)25(32-31(37(39,40)41)22(4)13-28(43)45-32)14-27(26)44-35(47-34)53-19-36-8-5-9-50(36)17-23(38)15-36/h6-7,13,20-21,23-25H,5,8-12,14-19,42H2,1-4H3,(H2,43,45)/b7-6+/t21?,23-,24+,25?,36+/m1/s1. The second-order valence-corrected chi connectivity index (χ2v) is 15.6. The van der Waals surface area contributed by atoms with Gasteiger partial charge in [-0.1, -0.05) is 25.9 Å². The van der Waals surface area contributed by atoms with Crippen molar-refractivity contribution in [3.05, 3.63) is 51.9 Å². The molecule has 3 saturated heterocycles. The largest absolute Gasteiger partial charge is 0.461 e. The van der Waals surface area contributed by atoms with Gasteiger partial charge in [0.15, 0.2) is 5.82 Å². The number of halogens is 4. The molecule has 7 rings (SSSR count). The maximum absolute atomic E-state index is 14.6. The van der Waals surface area contributed by atoms with Crippen molar-refractivity contribution in [2.75, 3.05) is 56.5 Å². The van der Waals surface area contributed by atoms with Crippen molar-refractivity contribution < 1.29 is 31.6 Å². The number of ether oxygens (including phenoxy) is 1. The highest BCUT2D eigenvalue weighted by atomic mass is 19.4. The molecular formula is C37H48F4N10O3. The van der Waals surface area contributed by atoms with Gasteiger partial charge in [-0.2, -0.15) is 28.1 Å². The van der Waals surface area contributed by atoms with Gasteiger partial charge in [-0.25, -0.2) is 9.37 Å². The van der Waals surface area contributed by atoms with Crippen LogP contribution in [0.15, 0.2) is 16.7 Å². The van der Waals surface area contributed by atoms with Crippen LogP contribution in [0.3, 0.4) is 0 Å². The van der Waals surface area contributed by atoms with E-state index in [2.05, 4.69) is 24.9 Å². The molecule has 13 nitrogen and oxygen atoms in total. The van der Waals surface area contributed by atoms with Crippen molar-refractivity contribution in [1.82, 2.24) is 34.9 Å². The average Bonchev–Trinajstić information content (AvgIpc) is 3.82. The molecule has 0 bridgehead atoms. The summed E-state index contributed by atoms with van der Waals surface area (Å²) in [6.45, 7) is 9.80. The lowest BCUT2D eigenvalue weighted by Gasteiger charge is -2.42. The van der Waals surface area contributed by atoms with Crippen LogP contribution in [-0.2, 0) is 23.8 Å². The van der Waals surface area contributed by atoms with Crippen molar-refractivity contribution in [2.24, 2.45) is 11.7 Å². The zero-order valence-electron chi connectivity index (χ0n) is 31.1. The van der Waals surface area contributed by atoms with E-state index in [1.807, 2.05) is 20.8 Å². The van der Waals surface area contributed by atoms with Crippen molar-refractivity contribution in [3.63, 3.8) is 0 Å². The monoisotopic (exact) mass is 756 g/mol. The molecule has 0 spiro atoms. The van der Waals surface area contributed by atoms with E-state index in [1.54, 1.807) is 4.90 Å². The van der Waals surface area contributed by atoms with Crippen molar-refractivity contribution >= 4 is 23.6 Å². The zero-order valence-corrected chi connectivity index (χ0v) is 31.1. The Morgan fingerprint density at radius 3 is 2.67 bits per heavy atom. The fraction of sp³-hybridized carbons (Fsp3) is 0.622. The number of nitrogens with two attached hydrogens (primary N) is 2. The third-order valence-corrected chi connectivity index (χ3v) is 11.5. The highest BCUT2D eigenvalue weighted by molar-refractivity contribution is 5.91. The molecule has 54 heavy (non-hydrogen) atoms. The van der Waals surface area contributed by atoms with E-state index >= 15 is 0 Å². The Balaban J connectivity index is 1.19. The molecule has 2 unspecified atom stereocenters. The summed E-state index contributed by atoms with van der Waals surface area (Å²) in [4.78, 5) is 37.6. The van der Waals surface area contributed by atoms with Gasteiger partial charge in [0.2, 0.25) is 5.91 Å². The Bertz CT molecular complexity index is 1900. The number of amides is 1. The molecule has 1 aliphatic carbocycles. The minimum absolute atomic E-state index is 0.0194. The maximum Gasteiger partial charge on any atom is 0.418 e. The maximum atomic E-state index is 14.6. The first-order valence-electron chi connectivity index (χ1n) is 18.7. The Morgan fingerprint density at radius 2 is 1.94 bits per heavy atom. The third kappa shape index (κ3) is 7.36. The molecule has 4 N–H and O–H groups in total. The van der Waals surface area contributed by atoms with Crippen molar-refractivity contribution in [3.8, 4) is 6.01 Å². The Kier molecular flexibility index (Phi) is 10.3. The van der Waals surface area contributed by atoms with Crippen LogP contribution in [0.1, 0.15) is 91.7 Å². The number of hydrogen-bond donors (Lipinski definition) is 2. The van der Waals surface area contributed by atoms with Crippen LogP contribution in [0.4, 0.5) is 29.2 Å². The molecule has 0 radical (unpaired) electrons. The zero-order chi connectivity index (χ0) is 38.5. The lowest BCUT2D eigenvalue weighted by Crippen LogP contribution is -2.58. The Morgan fingerprint density at radius 1 is 1.15 bits per heavy atom. The molecule has 17 heteroatoms. The number of aryl methyl sites for hydroxylation is 1. The predicted octanol–water partition coefficient (Wildman–Crippen LogP) is 4.45. The number of carbonyl (C=O) groups is 1. The molecule has 3 aromatic heterocycles. The summed E-state index contributed by atoms with van der Waals surface area (Å²) < 4.78 is 69.6. The molecule has 292 valence electrons. The van der Waals surface area contributed by atoms with E-state index in [0.29, 0.717) is 56.4 Å². The minimum Gasteiger partial charge on any atom is -0.461 e. The van der Waals surface area contributed by atoms with Gasteiger partial charge in [0.1, 0.15) is 24.4 Å². The number of hydrogen-bond acceptors (Lipinski definition) is 12. The van der Waals surface area contributed by atoms with E-state index in [1.165, 1.54) is 25.1 Å². The third-order valence-electron chi connectivity index (χ3n) is 11.5. The van der Waals surface area contributed by atoms with E-state index in [4.69, 9.17) is 30.7 Å². The number of rotatable bonds is 9. The van der Waals surface area contributed by atoms with Gasteiger partial charge in [0, 0.05) is 68.7 Å². The van der Waals surface area contributed by atoms with Crippen LogP contribution in [0.25, 0.3) is 6.08 Å². The van der Waals surface area contributed by atoms with E-state index in [9.17, 15) is 22.4 Å². The summed E-state index contributed by atoms with van der Waals surface area (Å²) >= 11 is 0. The quantitative estimate of drug-likeness (QED) is 0.233. The van der Waals surface area contributed by atoms with Crippen LogP contribution in [0.2, 0.25) is 0 Å². The summed E-state index contributed by atoms with van der Waals surface area (Å²) in [7, 11) is 0. The van der Waals surface area contributed by atoms with E-state index < -0.39 is 29.4 Å². The van der Waals surface area contributed by atoms with Crippen LogP contribution in [0.5, 0.6) is 6.01 Å². The van der Waals surface area contributed by atoms with Crippen molar-refractivity contribution in [1.29, 1.82) is 0 Å². The first kappa shape index (κ1) is 37.9. The second-order valence-electron chi connectivity index (χ2n) is 15.6. The SMILES string of the molecule is Cc1cc(N)nc(C2Cc3nc(OC[C@@]45CCCN4C[C@H](F)C5)nc(N4CCN(C(=O)/C=C/c5nc(C(C)C)no5)[C@@H](CN)C4)c3CC2C)c1C(F)(F)F. The summed E-state index contributed by atoms with van der Waals surface area (Å²) in [6, 6.07) is 0.950. The molecule has 1 amide bonds. The Hall–Kier alpha value is -4.38. The van der Waals surface area contributed by atoms with E-state index in [-0.39, 0.29) is 72.3 Å². The first-order valence-corrected chi connectivity index (χ1v) is 18.7. The van der Waals surface area contributed by atoms with Gasteiger partial charge in [-0.05, 0) is 56.7 Å². The minimum atomic E-state index is -4.63. The molecular weight excluding hydrogens is 708 g/mol. The number of pyridine rings is 1. The lowest BCUT2D eigenvalue weighted by atomic mass is 9.75. The van der Waals surface area contributed by atoms with Gasteiger partial charge in [-0.15, -0.1) is 0 Å². The predicted molar refractivity (Wildman–Crippen MR) is 192 cm³/mol. The van der Waals surface area contributed by atoms with Gasteiger partial charge < -0.3 is 30.5 Å². The van der Waals surface area contributed by atoms with Gasteiger partial charge in [0.05, 0.1) is 28.5 Å². The van der Waals surface area contributed by atoms with Crippen LogP contribution in [0, 0.1) is 12.8 Å². The van der Waals surface area contributed by atoms with Crippen molar-refractivity contribution in [2.45, 2.75) is 95.6 Å². The number of nitrogen functional groups attached to an aromatic ring is 1. The first-order chi connectivity index (χ1) is 25.7. The highest BCUT2D eigenvalue weighted by Crippen LogP contribution is 2.46. The van der Waals surface area contributed by atoms with Gasteiger partial charge >= 0.3 is 12.2 Å². The number of alkyl halides is 4. The molecule has 0 aromatic carbocycles.